The Morgan fingerprint density at radius 3 is 3.04 bits per heavy atom. The maximum Gasteiger partial charge on any atom is 0.272 e. The van der Waals surface area contributed by atoms with E-state index in [4.69, 9.17) is 4.74 Å². The molecule has 0 bridgehead atoms. The Balaban J connectivity index is 1.46. The van der Waals surface area contributed by atoms with Gasteiger partial charge in [0.15, 0.2) is 0 Å². The summed E-state index contributed by atoms with van der Waals surface area (Å²) >= 11 is 0. The lowest BCUT2D eigenvalue weighted by atomic mass is 10.1. The molecule has 0 radical (unpaired) electrons. The van der Waals surface area contributed by atoms with Crippen LogP contribution in [0, 0.1) is 0 Å². The molecule has 0 unspecified atom stereocenters. The number of carbonyl (C=O) groups is 1. The van der Waals surface area contributed by atoms with Crippen molar-refractivity contribution in [3.63, 3.8) is 0 Å². The molecule has 0 atom stereocenters. The van der Waals surface area contributed by atoms with E-state index in [0.717, 1.165) is 63.5 Å². The minimum atomic E-state index is -0.00418. The molecule has 2 aliphatic heterocycles. The standard InChI is InChI=1S/C17H24N6O2/c24-17(14-2-5-20-21-14)22-6-1-7-23-12-19-15(16(23)11-22)10-18-13-3-8-25-9-4-13/h2,5,12-13,18H,1,3-4,6-11H2,(H,20,21). The molecule has 134 valence electrons. The van der Waals surface area contributed by atoms with Crippen LogP contribution in [0.25, 0.3) is 0 Å². The highest BCUT2D eigenvalue weighted by atomic mass is 16.5. The van der Waals surface area contributed by atoms with Crippen LogP contribution in [0.15, 0.2) is 18.6 Å². The fourth-order valence-electron chi connectivity index (χ4n) is 3.52. The van der Waals surface area contributed by atoms with Crippen molar-refractivity contribution in [2.45, 2.75) is 44.9 Å². The van der Waals surface area contributed by atoms with Gasteiger partial charge in [0.1, 0.15) is 5.69 Å². The van der Waals surface area contributed by atoms with E-state index in [9.17, 15) is 4.79 Å². The SMILES string of the molecule is O=C(c1ccn[nH]1)N1CCCn2cnc(CNC3CCOCC3)c2C1. The number of hydrogen-bond donors (Lipinski definition) is 2. The average molecular weight is 344 g/mol. The first-order valence-corrected chi connectivity index (χ1v) is 8.94. The second-order valence-corrected chi connectivity index (χ2v) is 6.65. The third kappa shape index (κ3) is 3.59. The molecular weight excluding hydrogens is 320 g/mol. The molecule has 2 aromatic heterocycles. The normalized spacial score (nSPS) is 18.8. The van der Waals surface area contributed by atoms with Gasteiger partial charge in [-0.25, -0.2) is 4.98 Å². The van der Waals surface area contributed by atoms with Crippen molar-refractivity contribution in [3.8, 4) is 0 Å². The molecule has 1 fully saturated rings. The molecule has 0 spiro atoms. The second kappa shape index (κ2) is 7.37. The third-order valence-electron chi connectivity index (χ3n) is 5.00. The summed E-state index contributed by atoms with van der Waals surface area (Å²) in [4.78, 5) is 19.1. The molecule has 0 aliphatic carbocycles. The van der Waals surface area contributed by atoms with Crippen LogP contribution in [0.1, 0.15) is 41.1 Å². The summed E-state index contributed by atoms with van der Waals surface area (Å²) in [5.41, 5.74) is 2.70. The molecule has 8 heteroatoms. The molecule has 0 aromatic carbocycles. The van der Waals surface area contributed by atoms with Crippen molar-refractivity contribution in [2.24, 2.45) is 0 Å². The molecule has 1 saturated heterocycles. The first-order chi connectivity index (χ1) is 12.3. The number of carbonyl (C=O) groups excluding carboxylic acids is 1. The Hall–Kier alpha value is -2.19. The van der Waals surface area contributed by atoms with Crippen molar-refractivity contribution in [1.29, 1.82) is 0 Å². The number of rotatable bonds is 4. The zero-order chi connectivity index (χ0) is 17.1. The minimum Gasteiger partial charge on any atom is -0.381 e. The topological polar surface area (TPSA) is 88.1 Å². The molecule has 4 heterocycles. The number of fused-ring (bicyclic) bond motifs is 1. The molecule has 2 N–H and O–H groups in total. The predicted octanol–water partition coefficient (Wildman–Crippen LogP) is 0.921. The smallest absolute Gasteiger partial charge is 0.272 e. The maximum atomic E-state index is 12.7. The van der Waals surface area contributed by atoms with Gasteiger partial charge < -0.3 is 19.5 Å². The van der Waals surface area contributed by atoms with Gasteiger partial charge in [0.25, 0.3) is 5.91 Å². The number of aromatic amines is 1. The van der Waals surface area contributed by atoms with E-state index in [0.29, 0.717) is 18.3 Å². The van der Waals surface area contributed by atoms with Crippen molar-refractivity contribution in [2.75, 3.05) is 19.8 Å². The molecule has 4 rings (SSSR count). The molecule has 0 saturated carbocycles. The number of nitrogens with one attached hydrogen (secondary N) is 2. The van der Waals surface area contributed by atoms with Crippen LogP contribution >= 0.6 is 0 Å². The predicted molar refractivity (Wildman–Crippen MR) is 90.9 cm³/mol. The van der Waals surface area contributed by atoms with E-state index in [2.05, 4.69) is 25.1 Å². The molecular formula is C17H24N6O2. The number of ether oxygens (including phenoxy) is 1. The number of aryl methyl sites for hydroxylation is 1. The molecule has 1 amide bonds. The zero-order valence-electron chi connectivity index (χ0n) is 14.3. The summed E-state index contributed by atoms with van der Waals surface area (Å²) < 4.78 is 7.59. The first-order valence-electron chi connectivity index (χ1n) is 8.94. The lowest BCUT2D eigenvalue weighted by Crippen LogP contribution is -2.35. The van der Waals surface area contributed by atoms with E-state index in [1.165, 1.54) is 0 Å². The van der Waals surface area contributed by atoms with E-state index in [1.54, 1.807) is 12.3 Å². The first kappa shape index (κ1) is 16.3. The van der Waals surface area contributed by atoms with Gasteiger partial charge in [0.05, 0.1) is 24.3 Å². The van der Waals surface area contributed by atoms with Crippen LogP contribution in [-0.2, 0) is 24.4 Å². The fourth-order valence-corrected chi connectivity index (χ4v) is 3.52. The second-order valence-electron chi connectivity index (χ2n) is 6.65. The van der Waals surface area contributed by atoms with E-state index in [1.807, 2.05) is 11.2 Å². The summed E-state index contributed by atoms with van der Waals surface area (Å²) in [6, 6.07) is 2.21. The van der Waals surface area contributed by atoms with Crippen LogP contribution in [0.2, 0.25) is 0 Å². The number of hydrogen-bond acceptors (Lipinski definition) is 5. The molecule has 8 nitrogen and oxygen atoms in total. The van der Waals surface area contributed by atoms with Gasteiger partial charge in [-0.1, -0.05) is 0 Å². The summed E-state index contributed by atoms with van der Waals surface area (Å²) in [5.74, 6) is -0.00418. The van der Waals surface area contributed by atoms with Crippen molar-refractivity contribution in [3.05, 3.63) is 35.7 Å². The van der Waals surface area contributed by atoms with Gasteiger partial charge in [-0.2, -0.15) is 5.10 Å². The third-order valence-corrected chi connectivity index (χ3v) is 5.00. The van der Waals surface area contributed by atoms with Gasteiger partial charge >= 0.3 is 0 Å². The van der Waals surface area contributed by atoms with E-state index >= 15 is 0 Å². The summed E-state index contributed by atoms with van der Waals surface area (Å²) in [7, 11) is 0. The van der Waals surface area contributed by atoms with E-state index in [-0.39, 0.29) is 5.91 Å². The largest absolute Gasteiger partial charge is 0.381 e. The van der Waals surface area contributed by atoms with Gasteiger partial charge in [-0.05, 0) is 25.3 Å². The number of nitrogens with zero attached hydrogens (tertiary/aromatic N) is 4. The molecule has 25 heavy (non-hydrogen) atoms. The van der Waals surface area contributed by atoms with Crippen LogP contribution in [0.5, 0.6) is 0 Å². The summed E-state index contributed by atoms with van der Waals surface area (Å²) in [5, 5.41) is 10.2. The summed E-state index contributed by atoms with van der Waals surface area (Å²) in [6.45, 7) is 4.61. The highest BCUT2D eigenvalue weighted by molar-refractivity contribution is 5.92. The Bertz CT molecular complexity index is 705. The number of imidazole rings is 1. The van der Waals surface area contributed by atoms with E-state index < -0.39 is 0 Å². The number of H-pyrrole nitrogens is 1. The van der Waals surface area contributed by atoms with Gasteiger partial charge in [-0.3, -0.25) is 9.89 Å². The monoisotopic (exact) mass is 344 g/mol. The summed E-state index contributed by atoms with van der Waals surface area (Å²) in [6.07, 6.45) is 6.52. The quantitative estimate of drug-likeness (QED) is 0.861. The van der Waals surface area contributed by atoms with Crippen molar-refractivity contribution >= 4 is 5.91 Å². The zero-order valence-corrected chi connectivity index (χ0v) is 14.3. The minimum absolute atomic E-state index is 0.00418. The fraction of sp³-hybridized carbons (Fsp3) is 0.588. The number of aromatic nitrogens is 4. The van der Waals surface area contributed by atoms with Gasteiger partial charge in [0.2, 0.25) is 0 Å². The van der Waals surface area contributed by atoms with Gasteiger partial charge in [0, 0.05) is 45.1 Å². The van der Waals surface area contributed by atoms with Crippen LogP contribution < -0.4 is 5.32 Å². The number of amides is 1. The molecule has 2 aliphatic rings. The lowest BCUT2D eigenvalue weighted by Gasteiger charge is -2.23. The Kier molecular flexibility index (Phi) is 4.80. The lowest BCUT2D eigenvalue weighted by molar-refractivity contribution is 0.0737. The highest BCUT2D eigenvalue weighted by Crippen LogP contribution is 2.18. The Labute approximate surface area is 146 Å². The van der Waals surface area contributed by atoms with Crippen LogP contribution in [-0.4, -0.2) is 56.4 Å². The van der Waals surface area contributed by atoms with Crippen molar-refractivity contribution < 1.29 is 9.53 Å². The van der Waals surface area contributed by atoms with Crippen LogP contribution in [0.3, 0.4) is 0 Å². The maximum absolute atomic E-state index is 12.7. The highest BCUT2D eigenvalue weighted by Gasteiger charge is 2.24. The van der Waals surface area contributed by atoms with Crippen molar-refractivity contribution in [1.82, 2.24) is 30.0 Å². The van der Waals surface area contributed by atoms with Crippen LogP contribution in [0.4, 0.5) is 0 Å². The average Bonchev–Trinajstić information content (AvgIpc) is 3.26. The molecule has 2 aromatic rings. The Morgan fingerprint density at radius 1 is 1.36 bits per heavy atom. The van der Waals surface area contributed by atoms with Gasteiger partial charge in [-0.15, -0.1) is 0 Å². The Morgan fingerprint density at radius 2 is 2.24 bits per heavy atom.